The Hall–Kier alpha value is -3.14. The van der Waals surface area contributed by atoms with E-state index in [9.17, 15) is 18.0 Å². The third kappa shape index (κ3) is 4.34. The molecule has 0 radical (unpaired) electrons. The zero-order chi connectivity index (χ0) is 23.9. The first-order valence-electron chi connectivity index (χ1n) is 11.5. The average Bonchev–Trinajstić information content (AvgIpc) is 3.27. The molecule has 10 heteroatoms. The molecule has 1 fully saturated rings. The number of nitrogens with zero attached hydrogens (tertiary/aromatic N) is 3. The highest BCUT2D eigenvalue weighted by atomic mass is 19.4. The van der Waals surface area contributed by atoms with E-state index in [0.717, 1.165) is 36.6 Å². The molecular weight excluding hydrogens is 447 g/mol. The van der Waals surface area contributed by atoms with Crippen LogP contribution < -0.4 is 10.2 Å². The smallest absolute Gasteiger partial charge is 0.376 e. The standard InChI is InChI=1S/C24H26F3N5O2/c1-32(20-12-21(24(25,26)27)29-18-8-3-2-7-16(18)20)15-6-4-5-14(11-15)28-23(33)22-17-13-34-10-9-19(17)30-31-22/h2-3,7-8,12,14-15H,4-6,9-11,13H2,1H3,(H,28,33)(H,30,31)/t14-,15+/m1/s1. The summed E-state index contributed by atoms with van der Waals surface area (Å²) in [6.07, 6.45) is -0.711. The number of hydrogen-bond donors (Lipinski definition) is 2. The number of halogens is 3. The van der Waals surface area contributed by atoms with E-state index in [0.29, 0.717) is 48.3 Å². The summed E-state index contributed by atoms with van der Waals surface area (Å²) < 4.78 is 46.0. The van der Waals surface area contributed by atoms with Gasteiger partial charge in [-0.25, -0.2) is 4.98 Å². The van der Waals surface area contributed by atoms with Crippen molar-refractivity contribution >= 4 is 22.5 Å². The number of rotatable bonds is 4. The Bertz CT molecular complexity index is 1210. The van der Waals surface area contributed by atoms with Gasteiger partial charge in [-0.15, -0.1) is 0 Å². The van der Waals surface area contributed by atoms with Crippen LogP contribution in [0.4, 0.5) is 18.9 Å². The fraction of sp³-hybridized carbons (Fsp3) is 0.458. The van der Waals surface area contributed by atoms with E-state index in [1.54, 1.807) is 24.3 Å². The van der Waals surface area contributed by atoms with Crippen molar-refractivity contribution in [3.63, 3.8) is 0 Å². The molecule has 2 aliphatic rings. The van der Waals surface area contributed by atoms with Crippen molar-refractivity contribution < 1.29 is 22.7 Å². The molecule has 2 aromatic heterocycles. The number of hydrogen-bond acceptors (Lipinski definition) is 5. The van der Waals surface area contributed by atoms with Crippen LogP contribution in [-0.4, -0.2) is 46.8 Å². The Kier molecular flexibility index (Phi) is 5.93. The molecule has 2 N–H and O–H groups in total. The molecule has 3 heterocycles. The fourth-order valence-corrected chi connectivity index (χ4v) is 4.99. The maximum absolute atomic E-state index is 13.5. The van der Waals surface area contributed by atoms with Gasteiger partial charge in [-0.2, -0.15) is 18.3 Å². The number of benzene rings is 1. The zero-order valence-electron chi connectivity index (χ0n) is 18.8. The van der Waals surface area contributed by atoms with E-state index in [1.807, 2.05) is 11.9 Å². The highest BCUT2D eigenvalue weighted by molar-refractivity contribution is 5.94. The van der Waals surface area contributed by atoms with Crippen molar-refractivity contribution in [3.8, 4) is 0 Å². The quantitative estimate of drug-likeness (QED) is 0.593. The molecule has 34 heavy (non-hydrogen) atoms. The summed E-state index contributed by atoms with van der Waals surface area (Å²) in [5, 5.41) is 10.9. The summed E-state index contributed by atoms with van der Waals surface area (Å²) in [5.41, 5.74) is 2.00. The van der Waals surface area contributed by atoms with Crippen LogP contribution in [0, 0.1) is 0 Å². The lowest BCUT2D eigenvalue weighted by Crippen LogP contribution is -2.45. The second-order valence-electron chi connectivity index (χ2n) is 8.98. The summed E-state index contributed by atoms with van der Waals surface area (Å²) in [6, 6.07) is 7.87. The molecule has 1 saturated carbocycles. The molecule has 0 unspecified atom stereocenters. The van der Waals surface area contributed by atoms with Crippen LogP contribution in [0.15, 0.2) is 30.3 Å². The van der Waals surface area contributed by atoms with Gasteiger partial charge in [-0.1, -0.05) is 18.2 Å². The summed E-state index contributed by atoms with van der Waals surface area (Å²) in [5.74, 6) is -0.245. The molecule has 1 aliphatic heterocycles. The number of amides is 1. The number of anilines is 1. The van der Waals surface area contributed by atoms with E-state index < -0.39 is 11.9 Å². The monoisotopic (exact) mass is 473 g/mol. The number of aromatic nitrogens is 3. The third-order valence-electron chi connectivity index (χ3n) is 6.80. The van der Waals surface area contributed by atoms with Crippen LogP contribution in [0.3, 0.4) is 0 Å². The van der Waals surface area contributed by atoms with E-state index >= 15 is 0 Å². The van der Waals surface area contributed by atoms with Gasteiger partial charge in [0.2, 0.25) is 0 Å². The van der Waals surface area contributed by atoms with Gasteiger partial charge >= 0.3 is 6.18 Å². The molecule has 0 saturated heterocycles. The van der Waals surface area contributed by atoms with Crippen molar-refractivity contribution in [1.82, 2.24) is 20.5 Å². The second-order valence-corrected chi connectivity index (χ2v) is 8.98. The van der Waals surface area contributed by atoms with E-state index in [2.05, 4.69) is 20.5 Å². The van der Waals surface area contributed by atoms with Gasteiger partial charge in [0.15, 0.2) is 5.69 Å². The van der Waals surface area contributed by atoms with Gasteiger partial charge in [-0.3, -0.25) is 9.89 Å². The summed E-state index contributed by atoms with van der Waals surface area (Å²) in [7, 11) is 1.82. The number of pyridine rings is 1. The normalized spacial score (nSPS) is 20.7. The SMILES string of the molecule is CN(c1cc(C(F)(F)F)nc2ccccc12)[C@H]1CCC[C@@H](NC(=O)c2n[nH]c3c2COCC3)C1. The maximum Gasteiger partial charge on any atom is 0.433 e. The van der Waals surface area contributed by atoms with Gasteiger partial charge < -0.3 is 15.0 Å². The minimum absolute atomic E-state index is 0.0256. The number of nitrogens with one attached hydrogen (secondary N) is 2. The molecule has 7 nitrogen and oxygen atoms in total. The van der Waals surface area contributed by atoms with Crippen molar-refractivity contribution in [2.45, 2.75) is 57.0 Å². The molecule has 3 aromatic rings. The lowest BCUT2D eigenvalue weighted by molar-refractivity contribution is -0.140. The Morgan fingerprint density at radius 1 is 1.26 bits per heavy atom. The van der Waals surface area contributed by atoms with Gasteiger partial charge in [0.05, 0.1) is 18.7 Å². The molecule has 0 spiro atoms. The van der Waals surface area contributed by atoms with Crippen molar-refractivity contribution in [2.24, 2.45) is 0 Å². The Labute approximate surface area is 194 Å². The van der Waals surface area contributed by atoms with Crippen molar-refractivity contribution in [2.75, 3.05) is 18.6 Å². The molecule has 2 atom stereocenters. The van der Waals surface area contributed by atoms with Gasteiger partial charge in [0.1, 0.15) is 5.69 Å². The molecule has 5 rings (SSSR count). The molecule has 1 amide bonds. The van der Waals surface area contributed by atoms with Gasteiger partial charge in [0.25, 0.3) is 5.91 Å². The van der Waals surface area contributed by atoms with E-state index in [1.165, 1.54) is 0 Å². The van der Waals surface area contributed by atoms with Crippen LogP contribution in [0.5, 0.6) is 0 Å². The minimum atomic E-state index is -4.53. The number of H-pyrrole nitrogens is 1. The lowest BCUT2D eigenvalue weighted by Gasteiger charge is -2.37. The van der Waals surface area contributed by atoms with Crippen LogP contribution in [0.25, 0.3) is 10.9 Å². The molecule has 180 valence electrons. The predicted molar refractivity (Wildman–Crippen MR) is 121 cm³/mol. The minimum Gasteiger partial charge on any atom is -0.376 e. The maximum atomic E-state index is 13.5. The largest absolute Gasteiger partial charge is 0.433 e. The van der Waals surface area contributed by atoms with Crippen LogP contribution in [0.2, 0.25) is 0 Å². The highest BCUT2D eigenvalue weighted by Gasteiger charge is 2.35. The van der Waals surface area contributed by atoms with Crippen molar-refractivity contribution in [3.05, 3.63) is 53.0 Å². The number of alkyl halides is 3. The molecular formula is C24H26F3N5O2. The van der Waals surface area contributed by atoms with Crippen LogP contribution in [-0.2, 0) is 23.9 Å². The number of ether oxygens (including phenoxy) is 1. The van der Waals surface area contributed by atoms with Gasteiger partial charge in [0, 0.05) is 47.9 Å². The number of fused-ring (bicyclic) bond motifs is 2. The summed E-state index contributed by atoms with van der Waals surface area (Å²) in [6.45, 7) is 0.966. The Morgan fingerprint density at radius 3 is 2.91 bits per heavy atom. The molecule has 1 aromatic carbocycles. The Morgan fingerprint density at radius 2 is 2.09 bits per heavy atom. The first kappa shape index (κ1) is 22.6. The topological polar surface area (TPSA) is 83.1 Å². The first-order valence-corrected chi connectivity index (χ1v) is 11.5. The first-order chi connectivity index (χ1) is 16.3. The van der Waals surface area contributed by atoms with E-state index in [4.69, 9.17) is 4.74 Å². The number of carbonyl (C=O) groups is 1. The number of aromatic amines is 1. The number of para-hydroxylation sites is 1. The van der Waals surface area contributed by atoms with E-state index in [-0.39, 0.29) is 18.0 Å². The predicted octanol–water partition coefficient (Wildman–Crippen LogP) is 4.23. The summed E-state index contributed by atoms with van der Waals surface area (Å²) >= 11 is 0. The number of carbonyl (C=O) groups excluding carboxylic acids is 1. The fourth-order valence-electron chi connectivity index (χ4n) is 4.99. The Balaban J connectivity index is 1.35. The van der Waals surface area contributed by atoms with Crippen molar-refractivity contribution in [1.29, 1.82) is 0 Å². The van der Waals surface area contributed by atoms with Gasteiger partial charge in [-0.05, 0) is 37.8 Å². The van der Waals surface area contributed by atoms with Crippen LogP contribution in [0.1, 0.15) is 53.1 Å². The second kappa shape index (κ2) is 8.90. The third-order valence-corrected chi connectivity index (χ3v) is 6.80. The summed E-state index contributed by atoms with van der Waals surface area (Å²) in [4.78, 5) is 18.7. The molecule has 0 bridgehead atoms. The lowest BCUT2D eigenvalue weighted by atomic mass is 9.89. The van der Waals surface area contributed by atoms with Crippen LogP contribution >= 0.6 is 0 Å². The molecule has 1 aliphatic carbocycles. The zero-order valence-corrected chi connectivity index (χ0v) is 18.8. The highest BCUT2D eigenvalue weighted by Crippen LogP contribution is 2.36. The average molecular weight is 473 g/mol.